The fourth-order valence-electron chi connectivity index (χ4n) is 1.46. The van der Waals surface area contributed by atoms with Gasteiger partial charge in [-0.1, -0.05) is 38.3 Å². The van der Waals surface area contributed by atoms with E-state index in [1.54, 1.807) is 12.1 Å². The molecule has 3 nitrogen and oxygen atoms in total. The SMILES string of the molecule is CCC(CC)CNC(=O)c1ccnc(Cl)c1. The first kappa shape index (κ1) is 13.0. The van der Waals surface area contributed by atoms with E-state index < -0.39 is 0 Å². The minimum absolute atomic E-state index is 0.0869. The van der Waals surface area contributed by atoms with Crippen molar-refractivity contribution >= 4 is 17.5 Å². The molecule has 1 rings (SSSR count). The normalized spacial score (nSPS) is 10.5. The maximum absolute atomic E-state index is 11.7. The monoisotopic (exact) mass is 240 g/mol. The van der Waals surface area contributed by atoms with Gasteiger partial charge in [-0.25, -0.2) is 4.98 Å². The maximum Gasteiger partial charge on any atom is 0.251 e. The lowest BCUT2D eigenvalue weighted by atomic mass is 10.0. The van der Waals surface area contributed by atoms with Crippen LogP contribution in [-0.4, -0.2) is 17.4 Å². The third-order valence-electron chi connectivity index (χ3n) is 2.69. The van der Waals surface area contributed by atoms with Crippen LogP contribution in [0.1, 0.15) is 37.0 Å². The molecule has 0 aliphatic rings. The van der Waals surface area contributed by atoms with Gasteiger partial charge in [0.1, 0.15) is 5.15 Å². The first-order valence-corrected chi connectivity index (χ1v) is 5.94. The summed E-state index contributed by atoms with van der Waals surface area (Å²) in [6, 6.07) is 3.23. The molecule has 0 spiro atoms. The van der Waals surface area contributed by atoms with Crippen molar-refractivity contribution in [3.05, 3.63) is 29.0 Å². The van der Waals surface area contributed by atoms with Crippen LogP contribution in [0, 0.1) is 5.92 Å². The zero-order valence-electron chi connectivity index (χ0n) is 9.66. The van der Waals surface area contributed by atoms with Crippen molar-refractivity contribution < 1.29 is 4.79 Å². The molecular weight excluding hydrogens is 224 g/mol. The van der Waals surface area contributed by atoms with Crippen LogP contribution < -0.4 is 5.32 Å². The number of nitrogens with zero attached hydrogens (tertiary/aromatic N) is 1. The second-order valence-corrected chi connectivity index (χ2v) is 4.15. The van der Waals surface area contributed by atoms with Gasteiger partial charge in [0.2, 0.25) is 0 Å². The standard InChI is InChI=1S/C12H17ClN2O/c1-3-9(4-2)8-15-12(16)10-5-6-14-11(13)7-10/h5-7,9H,3-4,8H2,1-2H3,(H,15,16). The largest absolute Gasteiger partial charge is 0.352 e. The summed E-state index contributed by atoms with van der Waals surface area (Å²) in [6.45, 7) is 4.97. The number of rotatable bonds is 5. The average molecular weight is 241 g/mol. The van der Waals surface area contributed by atoms with Crippen LogP contribution in [0.3, 0.4) is 0 Å². The Labute approximate surface area is 101 Å². The number of hydrogen-bond donors (Lipinski definition) is 1. The molecule has 0 aliphatic heterocycles. The lowest BCUT2D eigenvalue weighted by molar-refractivity contribution is 0.0946. The Balaban J connectivity index is 2.52. The van der Waals surface area contributed by atoms with Crippen molar-refractivity contribution in [3.63, 3.8) is 0 Å². The van der Waals surface area contributed by atoms with Crippen LogP contribution in [-0.2, 0) is 0 Å². The predicted octanol–water partition coefficient (Wildman–Crippen LogP) is 2.90. The van der Waals surface area contributed by atoms with Crippen LogP contribution in [0.25, 0.3) is 0 Å². The third-order valence-corrected chi connectivity index (χ3v) is 2.90. The van der Waals surface area contributed by atoms with Gasteiger partial charge in [-0.15, -0.1) is 0 Å². The smallest absolute Gasteiger partial charge is 0.251 e. The Morgan fingerprint density at radius 1 is 1.50 bits per heavy atom. The van der Waals surface area contributed by atoms with Crippen molar-refractivity contribution in [2.45, 2.75) is 26.7 Å². The van der Waals surface area contributed by atoms with E-state index in [1.807, 2.05) is 0 Å². The molecule has 88 valence electrons. The number of carbonyl (C=O) groups excluding carboxylic acids is 1. The minimum Gasteiger partial charge on any atom is -0.352 e. The molecule has 1 N–H and O–H groups in total. The third kappa shape index (κ3) is 3.81. The summed E-state index contributed by atoms with van der Waals surface area (Å²) in [5.41, 5.74) is 0.561. The summed E-state index contributed by atoms with van der Waals surface area (Å²) in [7, 11) is 0. The van der Waals surface area contributed by atoms with Gasteiger partial charge >= 0.3 is 0 Å². The van der Waals surface area contributed by atoms with Gasteiger partial charge < -0.3 is 5.32 Å². The number of aromatic nitrogens is 1. The molecule has 0 fully saturated rings. The Morgan fingerprint density at radius 3 is 2.75 bits per heavy atom. The van der Waals surface area contributed by atoms with Crippen LogP contribution >= 0.6 is 11.6 Å². The molecule has 0 aliphatic carbocycles. The molecule has 0 bridgehead atoms. The van der Waals surface area contributed by atoms with Crippen LogP contribution in [0.2, 0.25) is 5.15 Å². The molecule has 1 amide bonds. The van der Waals surface area contributed by atoms with Crippen LogP contribution in [0.5, 0.6) is 0 Å². The molecule has 1 aromatic rings. The fourth-order valence-corrected chi connectivity index (χ4v) is 1.63. The van der Waals surface area contributed by atoms with E-state index in [-0.39, 0.29) is 5.91 Å². The van der Waals surface area contributed by atoms with Crippen molar-refractivity contribution in [2.75, 3.05) is 6.54 Å². The van der Waals surface area contributed by atoms with Gasteiger partial charge in [0.15, 0.2) is 0 Å². The second-order valence-electron chi connectivity index (χ2n) is 3.76. The van der Waals surface area contributed by atoms with E-state index in [1.165, 1.54) is 6.20 Å². The van der Waals surface area contributed by atoms with Gasteiger partial charge in [-0.05, 0) is 18.1 Å². The first-order valence-electron chi connectivity index (χ1n) is 5.57. The predicted molar refractivity (Wildman–Crippen MR) is 65.7 cm³/mol. The van der Waals surface area contributed by atoms with Gasteiger partial charge in [0.05, 0.1) is 0 Å². The van der Waals surface area contributed by atoms with E-state index >= 15 is 0 Å². The summed E-state index contributed by atoms with van der Waals surface area (Å²) < 4.78 is 0. The highest BCUT2D eigenvalue weighted by molar-refractivity contribution is 6.29. The second kappa shape index (κ2) is 6.48. The Kier molecular flexibility index (Phi) is 5.26. The molecule has 0 atom stereocenters. The molecule has 0 radical (unpaired) electrons. The summed E-state index contributed by atoms with van der Waals surface area (Å²) in [4.78, 5) is 15.6. The summed E-state index contributed by atoms with van der Waals surface area (Å²) in [5.74, 6) is 0.456. The number of pyridine rings is 1. The van der Waals surface area contributed by atoms with E-state index in [0.29, 0.717) is 23.2 Å². The van der Waals surface area contributed by atoms with Gasteiger partial charge in [0, 0.05) is 18.3 Å². The molecule has 16 heavy (non-hydrogen) atoms. The first-order chi connectivity index (χ1) is 7.67. The summed E-state index contributed by atoms with van der Waals surface area (Å²) in [5, 5.41) is 3.25. The van der Waals surface area contributed by atoms with Crippen LogP contribution in [0.4, 0.5) is 0 Å². The van der Waals surface area contributed by atoms with Crippen molar-refractivity contribution in [3.8, 4) is 0 Å². The topological polar surface area (TPSA) is 42.0 Å². The summed E-state index contributed by atoms with van der Waals surface area (Å²) >= 11 is 5.72. The molecule has 4 heteroatoms. The van der Waals surface area contributed by atoms with Gasteiger partial charge in [0.25, 0.3) is 5.91 Å². The highest BCUT2D eigenvalue weighted by Crippen LogP contribution is 2.08. The number of halogens is 1. The number of nitrogens with one attached hydrogen (secondary N) is 1. The number of amides is 1. The number of carbonyl (C=O) groups is 1. The highest BCUT2D eigenvalue weighted by Gasteiger charge is 2.08. The average Bonchev–Trinajstić information content (AvgIpc) is 2.30. The molecule has 0 unspecified atom stereocenters. The molecule has 0 aromatic carbocycles. The molecule has 0 saturated heterocycles. The maximum atomic E-state index is 11.7. The lowest BCUT2D eigenvalue weighted by Gasteiger charge is -2.13. The van der Waals surface area contributed by atoms with Gasteiger partial charge in [-0.2, -0.15) is 0 Å². The van der Waals surface area contributed by atoms with E-state index in [0.717, 1.165) is 12.8 Å². The van der Waals surface area contributed by atoms with E-state index in [4.69, 9.17) is 11.6 Å². The molecule has 1 heterocycles. The Morgan fingerprint density at radius 2 is 2.19 bits per heavy atom. The Bertz CT molecular complexity index is 351. The van der Waals surface area contributed by atoms with Crippen molar-refractivity contribution in [2.24, 2.45) is 5.92 Å². The van der Waals surface area contributed by atoms with Crippen molar-refractivity contribution in [1.29, 1.82) is 0 Å². The van der Waals surface area contributed by atoms with Crippen molar-refractivity contribution in [1.82, 2.24) is 10.3 Å². The highest BCUT2D eigenvalue weighted by atomic mass is 35.5. The Hall–Kier alpha value is -1.09. The van der Waals surface area contributed by atoms with Crippen LogP contribution in [0.15, 0.2) is 18.3 Å². The zero-order chi connectivity index (χ0) is 12.0. The quantitative estimate of drug-likeness (QED) is 0.805. The number of hydrogen-bond acceptors (Lipinski definition) is 2. The van der Waals surface area contributed by atoms with E-state index in [2.05, 4.69) is 24.1 Å². The lowest BCUT2D eigenvalue weighted by Crippen LogP contribution is -2.28. The molecular formula is C12H17ClN2O. The van der Waals surface area contributed by atoms with E-state index in [9.17, 15) is 4.79 Å². The molecule has 0 saturated carbocycles. The zero-order valence-corrected chi connectivity index (χ0v) is 10.4. The summed E-state index contributed by atoms with van der Waals surface area (Å²) in [6.07, 6.45) is 3.69. The fraction of sp³-hybridized carbons (Fsp3) is 0.500. The minimum atomic E-state index is -0.0869. The van der Waals surface area contributed by atoms with Gasteiger partial charge in [-0.3, -0.25) is 4.79 Å². The molecule has 1 aromatic heterocycles.